The summed E-state index contributed by atoms with van der Waals surface area (Å²) >= 11 is 0. The molecule has 3 rings (SSSR count). The molecule has 1 aliphatic heterocycles. The molecular formula is C15H18FN3O. The third kappa shape index (κ3) is 2.33. The summed E-state index contributed by atoms with van der Waals surface area (Å²) in [5.41, 5.74) is 0.124. The van der Waals surface area contributed by atoms with Gasteiger partial charge in [0, 0.05) is 12.6 Å². The summed E-state index contributed by atoms with van der Waals surface area (Å²) in [6, 6.07) is 4.80. The maximum atomic E-state index is 13.8. The van der Waals surface area contributed by atoms with Crippen molar-refractivity contribution in [2.24, 2.45) is 0 Å². The van der Waals surface area contributed by atoms with E-state index in [4.69, 9.17) is 0 Å². The van der Waals surface area contributed by atoms with Crippen molar-refractivity contribution in [3.05, 3.63) is 40.7 Å². The fraction of sp³-hybridized carbons (Fsp3) is 0.467. The fourth-order valence-corrected chi connectivity index (χ4v) is 2.87. The van der Waals surface area contributed by atoms with E-state index in [1.165, 1.54) is 29.8 Å². The minimum atomic E-state index is -0.497. The SMILES string of the molecule is C[C@H](Cn1cnc2cccc(F)c2c1=O)N1CCCC1. The first kappa shape index (κ1) is 13.2. The molecule has 2 heterocycles. The zero-order valence-electron chi connectivity index (χ0n) is 11.6. The third-order valence-corrected chi connectivity index (χ3v) is 4.03. The van der Waals surface area contributed by atoms with Gasteiger partial charge in [0.05, 0.1) is 11.8 Å². The number of hydrogen-bond acceptors (Lipinski definition) is 3. The second-order valence-corrected chi connectivity index (χ2v) is 5.43. The van der Waals surface area contributed by atoms with Crippen LogP contribution in [0.3, 0.4) is 0 Å². The molecule has 0 amide bonds. The van der Waals surface area contributed by atoms with Crippen molar-refractivity contribution in [3.63, 3.8) is 0 Å². The van der Waals surface area contributed by atoms with E-state index in [0.717, 1.165) is 13.1 Å². The lowest BCUT2D eigenvalue weighted by Gasteiger charge is -2.24. The summed E-state index contributed by atoms with van der Waals surface area (Å²) < 4.78 is 15.3. The molecule has 5 heteroatoms. The van der Waals surface area contributed by atoms with E-state index in [0.29, 0.717) is 12.1 Å². The van der Waals surface area contributed by atoms with Gasteiger partial charge in [-0.25, -0.2) is 9.37 Å². The third-order valence-electron chi connectivity index (χ3n) is 4.03. The maximum absolute atomic E-state index is 13.8. The number of fused-ring (bicyclic) bond motifs is 1. The molecule has 20 heavy (non-hydrogen) atoms. The summed E-state index contributed by atoms with van der Waals surface area (Å²) in [6.07, 6.45) is 3.95. The van der Waals surface area contributed by atoms with E-state index in [2.05, 4.69) is 16.8 Å². The van der Waals surface area contributed by atoms with Crippen LogP contribution in [0.1, 0.15) is 19.8 Å². The van der Waals surface area contributed by atoms with Gasteiger partial charge >= 0.3 is 0 Å². The Hall–Kier alpha value is -1.75. The Morgan fingerprint density at radius 2 is 2.10 bits per heavy atom. The average molecular weight is 275 g/mol. The number of aromatic nitrogens is 2. The van der Waals surface area contributed by atoms with Crippen LogP contribution in [-0.4, -0.2) is 33.6 Å². The molecule has 1 saturated heterocycles. The highest BCUT2D eigenvalue weighted by Gasteiger charge is 2.19. The normalized spacial score (nSPS) is 17.7. The van der Waals surface area contributed by atoms with Crippen molar-refractivity contribution in [1.29, 1.82) is 0 Å². The Morgan fingerprint density at radius 3 is 2.85 bits per heavy atom. The van der Waals surface area contributed by atoms with Crippen LogP contribution >= 0.6 is 0 Å². The summed E-state index contributed by atoms with van der Waals surface area (Å²) in [7, 11) is 0. The zero-order chi connectivity index (χ0) is 14.1. The smallest absolute Gasteiger partial charge is 0.264 e. The largest absolute Gasteiger partial charge is 0.299 e. The lowest BCUT2D eigenvalue weighted by Crippen LogP contribution is -2.36. The van der Waals surface area contributed by atoms with Crippen LogP contribution in [0.4, 0.5) is 4.39 Å². The van der Waals surface area contributed by atoms with Crippen molar-refractivity contribution in [2.45, 2.75) is 32.4 Å². The van der Waals surface area contributed by atoms with Crippen molar-refractivity contribution < 1.29 is 4.39 Å². The summed E-state index contributed by atoms with van der Waals surface area (Å²) in [5, 5.41) is 0.0867. The highest BCUT2D eigenvalue weighted by Crippen LogP contribution is 2.14. The number of likely N-dealkylation sites (tertiary alicyclic amines) is 1. The van der Waals surface area contributed by atoms with E-state index in [1.807, 2.05) is 0 Å². The number of benzene rings is 1. The molecule has 0 unspecified atom stereocenters. The maximum Gasteiger partial charge on any atom is 0.264 e. The molecule has 0 radical (unpaired) electrons. The van der Waals surface area contributed by atoms with Crippen LogP contribution in [0.5, 0.6) is 0 Å². The predicted molar refractivity (Wildman–Crippen MR) is 76.2 cm³/mol. The molecule has 1 aromatic heterocycles. The lowest BCUT2D eigenvalue weighted by atomic mass is 10.2. The number of nitrogens with zero attached hydrogens (tertiary/aromatic N) is 3. The first-order valence-electron chi connectivity index (χ1n) is 7.04. The minimum absolute atomic E-state index is 0.0867. The first-order valence-corrected chi connectivity index (χ1v) is 7.04. The molecule has 1 aliphatic rings. The number of halogens is 1. The monoisotopic (exact) mass is 275 g/mol. The van der Waals surface area contributed by atoms with Gasteiger partial charge in [0.25, 0.3) is 5.56 Å². The van der Waals surface area contributed by atoms with Crippen LogP contribution in [0.25, 0.3) is 10.9 Å². The molecule has 4 nitrogen and oxygen atoms in total. The molecule has 0 saturated carbocycles. The molecule has 1 atom stereocenters. The summed E-state index contributed by atoms with van der Waals surface area (Å²) in [4.78, 5) is 18.9. The van der Waals surface area contributed by atoms with Gasteiger partial charge < -0.3 is 0 Å². The standard InChI is InChI=1S/C15H18FN3O/c1-11(18-7-2-3-8-18)9-19-10-17-13-6-4-5-12(16)14(13)15(19)20/h4-6,10-11H,2-3,7-9H2,1H3/t11-/m1/s1. The van der Waals surface area contributed by atoms with E-state index < -0.39 is 5.82 Å². The van der Waals surface area contributed by atoms with Gasteiger partial charge in [-0.2, -0.15) is 0 Å². The Morgan fingerprint density at radius 1 is 1.35 bits per heavy atom. The van der Waals surface area contributed by atoms with Gasteiger partial charge in [0.15, 0.2) is 0 Å². The first-order chi connectivity index (χ1) is 9.66. The number of hydrogen-bond donors (Lipinski definition) is 0. The van der Waals surface area contributed by atoms with Gasteiger partial charge in [-0.15, -0.1) is 0 Å². The van der Waals surface area contributed by atoms with Crippen molar-refractivity contribution in [3.8, 4) is 0 Å². The van der Waals surface area contributed by atoms with Gasteiger partial charge in [0.1, 0.15) is 11.2 Å². The molecule has 0 spiro atoms. The Kier molecular flexibility index (Phi) is 3.53. The Labute approximate surface area is 116 Å². The molecule has 106 valence electrons. The Balaban J connectivity index is 1.94. The summed E-state index contributed by atoms with van der Waals surface area (Å²) in [6.45, 7) is 4.80. The van der Waals surface area contributed by atoms with Crippen LogP contribution in [0, 0.1) is 5.82 Å². The van der Waals surface area contributed by atoms with Crippen LogP contribution in [-0.2, 0) is 6.54 Å². The molecule has 0 N–H and O–H groups in total. The molecular weight excluding hydrogens is 257 g/mol. The van der Waals surface area contributed by atoms with E-state index in [1.54, 1.807) is 12.1 Å². The molecule has 1 aromatic carbocycles. The number of rotatable bonds is 3. The van der Waals surface area contributed by atoms with Crippen LogP contribution in [0.2, 0.25) is 0 Å². The van der Waals surface area contributed by atoms with E-state index in [-0.39, 0.29) is 17.0 Å². The molecule has 2 aromatic rings. The van der Waals surface area contributed by atoms with Crippen LogP contribution in [0.15, 0.2) is 29.3 Å². The fourth-order valence-electron chi connectivity index (χ4n) is 2.87. The highest BCUT2D eigenvalue weighted by molar-refractivity contribution is 5.77. The quantitative estimate of drug-likeness (QED) is 0.860. The van der Waals surface area contributed by atoms with E-state index in [9.17, 15) is 9.18 Å². The van der Waals surface area contributed by atoms with Crippen molar-refractivity contribution in [1.82, 2.24) is 14.5 Å². The minimum Gasteiger partial charge on any atom is -0.299 e. The zero-order valence-corrected chi connectivity index (χ0v) is 11.6. The van der Waals surface area contributed by atoms with E-state index >= 15 is 0 Å². The van der Waals surface area contributed by atoms with Gasteiger partial charge in [-0.05, 0) is 45.0 Å². The Bertz CT molecular complexity index is 676. The van der Waals surface area contributed by atoms with Crippen molar-refractivity contribution in [2.75, 3.05) is 13.1 Å². The second kappa shape index (κ2) is 5.32. The van der Waals surface area contributed by atoms with Crippen molar-refractivity contribution >= 4 is 10.9 Å². The second-order valence-electron chi connectivity index (χ2n) is 5.43. The lowest BCUT2D eigenvalue weighted by molar-refractivity contribution is 0.234. The van der Waals surface area contributed by atoms with Gasteiger partial charge in [-0.1, -0.05) is 6.07 Å². The molecule has 0 aliphatic carbocycles. The predicted octanol–water partition coefficient (Wildman–Crippen LogP) is 2.02. The highest BCUT2D eigenvalue weighted by atomic mass is 19.1. The van der Waals surface area contributed by atoms with Gasteiger partial charge in [0.2, 0.25) is 0 Å². The molecule has 0 bridgehead atoms. The van der Waals surface area contributed by atoms with Crippen LogP contribution < -0.4 is 5.56 Å². The summed E-state index contributed by atoms with van der Waals surface area (Å²) in [5.74, 6) is -0.497. The van der Waals surface area contributed by atoms with Gasteiger partial charge in [-0.3, -0.25) is 14.3 Å². The average Bonchev–Trinajstić information content (AvgIpc) is 2.96. The molecule has 1 fully saturated rings. The topological polar surface area (TPSA) is 38.1 Å².